The van der Waals surface area contributed by atoms with E-state index < -0.39 is 0 Å². The first-order valence-corrected chi connectivity index (χ1v) is 21.9. The van der Waals surface area contributed by atoms with Crippen LogP contribution < -0.4 is 4.90 Å². The Hall–Kier alpha value is -8.60. The van der Waals surface area contributed by atoms with Gasteiger partial charge in [0.15, 0.2) is 0 Å². The summed E-state index contributed by atoms with van der Waals surface area (Å²) in [5.74, 6) is 0. The summed E-state index contributed by atoms with van der Waals surface area (Å²) in [4.78, 5) is 2.45. The highest BCUT2D eigenvalue weighted by Gasteiger charge is 2.25. The van der Waals surface area contributed by atoms with Gasteiger partial charge in [-0.2, -0.15) is 0 Å². The minimum absolute atomic E-state index is 0.853. The van der Waals surface area contributed by atoms with Gasteiger partial charge in [0.2, 0.25) is 0 Å². The lowest BCUT2D eigenvalue weighted by Crippen LogP contribution is -2.12. The monoisotopic (exact) mass is 815 g/mol. The van der Waals surface area contributed by atoms with Crippen molar-refractivity contribution in [3.8, 4) is 11.4 Å². The molecule has 0 aliphatic heterocycles. The van der Waals surface area contributed by atoms with Crippen molar-refractivity contribution in [2.75, 3.05) is 4.90 Å². The van der Waals surface area contributed by atoms with Crippen LogP contribution in [0.2, 0.25) is 0 Å². The number of aromatic nitrogens is 2. The van der Waals surface area contributed by atoms with Crippen molar-refractivity contribution < 1.29 is 4.42 Å². The predicted molar refractivity (Wildman–Crippen MR) is 270 cm³/mol. The van der Waals surface area contributed by atoms with Crippen LogP contribution in [0.3, 0.4) is 0 Å². The molecule has 4 heteroatoms. The fraction of sp³-hybridized carbons (Fsp3) is 0. The Bertz CT molecular complexity index is 4170. The molecule has 0 aliphatic carbocycles. The summed E-state index contributed by atoms with van der Waals surface area (Å²) in [5.41, 5.74) is 11.7. The second kappa shape index (κ2) is 13.4. The zero-order valence-corrected chi connectivity index (χ0v) is 34.6. The fourth-order valence-electron chi connectivity index (χ4n) is 10.8. The highest BCUT2D eigenvalue weighted by Crippen LogP contribution is 2.48. The number of hydrogen-bond acceptors (Lipinski definition) is 2. The molecular weight excluding hydrogens is 779 g/mol. The topological polar surface area (TPSA) is 26.2 Å². The van der Waals surface area contributed by atoms with Gasteiger partial charge in [-0.05, 0) is 99.0 Å². The lowest BCUT2D eigenvalue weighted by Gasteiger charge is -2.28. The van der Waals surface area contributed by atoms with Crippen molar-refractivity contribution in [1.29, 1.82) is 0 Å². The van der Waals surface area contributed by atoms with Crippen molar-refractivity contribution in [3.63, 3.8) is 0 Å². The molecule has 0 atom stereocenters. The van der Waals surface area contributed by atoms with E-state index in [2.05, 4.69) is 232 Å². The first-order valence-electron chi connectivity index (χ1n) is 21.9. The third-order valence-electron chi connectivity index (χ3n) is 13.4. The molecule has 11 aromatic carbocycles. The van der Waals surface area contributed by atoms with E-state index in [1.165, 1.54) is 59.4 Å². The van der Waals surface area contributed by atoms with Crippen LogP contribution in [0.4, 0.5) is 17.1 Å². The number of benzene rings is 11. The summed E-state index contributed by atoms with van der Waals surface area (Å²) in [6, 6.07) is 81.6. The number of para-hydroxylation sites is 6. The van der Waals surface area contributed by atoms with Crippen LogP contribution in [0.25, 0.3) is 109 Å². The summed E-state index contributed by atoms with van der Waals surface area (Å²) < 4.78 is 11.6. The quantitative estimate of drug-likeness (QED) is 0.162. The molecule has 0 aliphatic rings. The van der Waals surface area contributed by atoms with Gasteiger partial charge >= 0.3 is 0 Å². The van der Waals surface area contributed by atoms with Crippen LogP contribution in [0.15, 0.2) is 229 Å². The molecule has 64 heavy (non-hydrogen) atoms. The van der Waals surface area contributed by atoms with Gasteiger partial charge in [0.25, 0.3) is 0 Å². The standard InChI is InChI=1S/C60H37N3O/c1-2-16-38(17-3-1)62-53-27-11-8-22-46(53)50-25-15-30-56(59(50)62)63-54-28-12-9-23-47(54)51-26-14-29-55(60(51)63)61(40-33-35-49-48-24-10-13-31-57(48)64-58(49)37-40)39-32-34-45-43-20-5-4-18-41(43)42-19-6-7-21-44(42)52(45)36-39/h1-37H. The number of anilines is 3. The molecule has 14 aromatic rings. The van der Waals surface area contributed by atoms with E-state index in [9.17, 15) is 0 Å². The van der Waals surface area contributed by atoms with E-state index in [1.807, 2.05) is 6.07 Å². The van der Waals surface area contributed by atoms with Crippen LogP contribution in [-0.4, -0.2) is 9.13 Å². The summed E-state index contributed by atoms with van der Waals surface area (Å²) in [5, 5.41) is 14.5. The van der Waals surface area contributed by atoms with Crippen LogP contribution >= 0.6 is 0 Å². The molecule has 0 fully saturated rings. The van der Waals surface area contributed by atoms with Crippen LogP contribution in [0, 0.1) is 0 Å². The second-order valence-electron chi connectivity index (χ2n) is 16.8. The maximum absolute atomic E-state index is 6.62. The van der Waals surface area contributed by atoms with Gasteiger partial charge in [-0.3, -0.25) is 0 Å². The molecule has 0 saturated heterocycles. The summed E-state index contributed by atoms with van der Waals surface area (Å²) in [6.07, 6.45) is 0. The van der Waals surface area contributed by atoms with E-state index in [-0.39, 0.29) is 0 Å². The molecule has 0 radical (unpaired) electrons. The van der Waals surface area contributed by atoms with E-state index in [0.717, 1.165) is 66.9 Å². The molecular formula is C60H37N3O. The third-order valence-corrected chi connectivity index (χ3v) is 13.4. The Labute approximate surface area is 367 Å². The van der Waals surface area contributed by atoms with Gasteiger partial charge < -0.3 is 18.5 Å². The van der Waals surface area contributed by atoms with Gasteiger partial charge in [0.1, 0.15) is 11.2 Å². The molecule has 14 rings (SSSR count). The Morgan fingerprint density at radius 3 is 1.48 bits per heavy atom. The Balaban J connectivity index is 1.12. The maximum atomic E-state index is 6.62. The molecule has 3 aromatic heterocycles. The fourth-order valence-corrected chi connectivity index (χ4v) is 10.8. The highest BCUT2D eigenvalue weighted by molar-refractivity contribution is 6.26. The van der Waals surface area contributed by atoms with E-state index in [0.29, 0.717) is 0 Å². The van der Waals surface area contributed by atoms with Crippen LogP contribution in [-0.2, 0) is 0 Å². The molecule has 3 heterocycles. The maximum Gasteiger partial charge on any atom is 0.137 e. The molecule has 0 N–H and O–H groups in total. The second-order valence-corrected chi connectivity index (χ2v) is 16.8. The third kappa shape index (κ3) is 4.93. The lowest BCUT2D eigenvalue weighted by molar-refractivity contribution is 0.669. The van der Waals surface area contributed by atoms with Crippen molar-refractivity contribution >= 4 is 115 Å². The molecule has 0 unspecified atom stereocenters. The van der Waals surface area contributed by atoms with E-state index in [4.69, 9.17) is 4.42 Å². The molecule has 0 saturated carbocycles. The highest BCUT2D eigenvalue weighted by atomic mass is 16.3. The number of hydrogen-bond donors (Lipinski definition) is 0. The van der Waals surface area contributed by atoms with Crippen molar-refractivity contribution in [2.24, 2.45) is 0 Å². The lowest BCUT2D eigenvalue weighted by atomic mass is 9.94. The average Bonchev–Trinajstić information content (AvgIpc) is 4.02. The van der Waals surface area contributed by atoms with Gasteiger partial charge in [0, 0.05) is 55.4 Å². The first-order chi connectivity index (χ1) is 31.8. The molecule has 298 valence electrons. The summed E-state index contributed by atoms with van der Waals surface area (Å²) >= 11 is 0. The number of rotatable bonds is 5. The van der Waals surface area contributed by atoms with E-state index >= 15 is 0 Å². The van der Waals surface area contributed by atoms with Crippen LogP contribution in [0.1, 0.15) is 0 Å². The minimum Gasteiger partial charge on any atom is -0.456 e. The van der Waals surface area contributed by atoms with Gasteiger partial charge in [0.05, 0.1) is 33.4 Å². The van der Waals surface area contributed by atoms with Crippen molar-refractivity contribution in [3.05, 3.63) is 224 Å². The van der Waals surface area contributed by atoms with E-state index in [1.54, 1.807) is 0 Å². The summed E-state index contributed by atoms with van der Waals surface area (Å²) in [6.45, 7) is 0. The zero-order valence-electron chi connectivity index (χ0n) is 34.6. The first kappa shape index (κ1) is 35.0. The largest absolute Gasteiger partial charge is 0.456 e. The Kier molecular flexibility index (Phi) is 7.36. The number of furan rings is 1. The zero-order chi connectivity index (χ0) is 41.9. The summed E-state index contributed by atoms with van der Waals surface area (Å²) in [7, 11) is 0. The Morgan fingerprint density at radius 2 is 0.781 bits per heavy atom. The number of nitrogens with zero attached hydrogens (tertiary/aromatic N) is 3. The average molecular weight is 816 g/mol. The molecule has 0 amide bonds. The van der Waals surface area contributed by atoms with Crippen molar-refractivity contribution in [2.45, 2.75) is 0 Å². The van der Waals surface area contributed by atoms with Gasteiger partial charge in [-0.15, -0.1) is 0 Å². The smallest absolute Gasteiger partial charge is 0.137 e. The SMILES string of the molecule is c1ccc(-n2c3ccccc3c3cccc(-n4c5ccccc5c5cccc(N(c6ccc7c(c6)oc6ccccc67)c6ccc7c8ccccc8c8ccccc8c7c6)c54)c32)cc1. The molecule has 0 spiro atoms. The van der Waals surface area contributed by atoms with Crippen LogP contribution in [0.5, 0.6) is 0 Å². The van der Waals surface area contributed by atoms with Gasteiger partial charge in [-0.1, -0.05) is 152 Å². The predicted octanol–water partition coefficient (Wildman–Crippen LogP) is 16.7. The minimum atomic E-state index is 0.853. The van der Waals surface area contributed by atoms with Crippen molar-refractivity contribution in [1.82, 2.24) is 9.13 Å². The normalized spacial score (nSPS) is 12.1. The molecule has 0 bridgehead atoms. The van der Waals surface area contributed by atoms with Gasteiger partial charge in [-0.25, -0.2) is 0 Å². The molecule has 4 nitrogen and oxygen atoms in total. The number of fused-ring (bicyclic) bond motifs is 15. The Morgan fingerprint density at radius 1 is 0.297 bits per heavy atom.